The highest BCUT2D eigenvalue weighted by atomic mass is 32.1. The van der Waals surface area contributed by atoms with Gasteiger partial charge in [-0.2, -0.15) is 0 Å². The predicted molar refractivity (Wildman–Crippen MR) is 159 cm³/mol. The van der Waals surface area contributed by atoms with Gasteiger partial charge in [0.25, 0.3) is 6.47 Å². The fraction of sp³-hybridized carbons (Fsp3) is 0.533. The SMILES string of the molecule is CNS.Cc1nc2cc(-c3ccc(C4CCCC(CN(C)C5CCOCC5)C4)cc3)ccc2n1C.O=CO. The largest absolute Gasteiger partial charge is 0.483 e. The van der Waals surface area contributed by atoms with Crippen LogP contribution in [0.3, 0.4) is 0 Å². The first kappa shape index (κ1) is 30.2. The number of aromatic nitrogens is 2. The minimum Gasteiger partial charge on any atom is -0.483 e. The van der Waals surface area contributed by atoms with Crippen LogP contribution < -0.4 is 4.72 Å². The molecule has 2 unspecified atom stereocenters. The molecule has 2 heterocycles. The molecule has 1 aliphatic carbocycles. The van der Waals surface area contributed by atoms with E-state index in [1.807, 2.05) is 0 Å². The van der Waals surface area contributed by atoms with Crippen LogP contribution in [-0.2, 0) is 16.6 Å². The zero-order valence-corrected chi connectivity index (χ0v) is 24.2. The molecule has 1 saturated heterocycles. The van der Waals surface area contributed by atoms with E-state index in [1.54, 1.807) is 7.05 Å². The smallest absolute Gasteiger partial charge is 0.290 e. The maximum atomic E-state index is 8.36. The molecule has 0 radical (unpaired) electrons. The molecular formula is C30H44N4O3S. The molecule has 5 rings (SSSR count). The van der Waals surface area contributed by atoms with E-state index in [0.717, 1.165) is 30.5 Å². The number of ether oxygens (including phenoxy) is 1. The molecule has 2 atom stereocenters. The number of aryl methyl sites for hydroxylation is 2. The Morgan fingerprint density at radius 2 is 1.76 bits per heavy atom. The number of nitrogens with zero attached hydrogens (tertiary/aromatic N) is 3. The molecule has 1 aromatic heterocycles. The van der Waals surface area contributed by atoms with Crippen molar-refractivity contribution < 1.29 is 14.6 Å². The monoisotopic (exact) mass is 540 g/mol. The fourth-order valence-electron chi connectivity index (χ4n) is 5.89. The van der Waals surface area contributed by atoms with Gasteiger partial charge in [0.2, 0.25) is 0 Å². The number of hydrogen-bond donors (Lipinski definition) is 3. The van der Waals surface area contributed by atoms with Gasteiger partial charge in [0.15, 0.2) is 0 Å². The van der Waals surface area contributed by atoms with Crippen LogP contribution in [-0.4, -0.2) is 65.9 Å². The van der Waals surface area contributed by atoms with Crippen LogP contribution in [0.5, 0.6) is 0 Å². The quantitative estimate of drug-likeness (QED) is 0.285. The lowest BCUT2D eigenvalue weighted by atomic mass is 9.77. The first-order valence-corrected chi connectivity index (χ1v) is 14.1. The van der Waals surface area contributed by atoms with Crippen molar-refractivity contribution >= 4 is 30.3 Å². The van der Waals surface area contributed by atoms with Crippen LogP contribution in [0.25, 0.3) is 22.2 Å². The van der Waals surface area contributed by atoms with Crippen LogP contribution in [0.2, 0.25) is 0 Å². The van der Waals surface area contributed by atoms with Crippen molar-refractivity contribution in [3.63, 3.8) is 0 Å². The Kier molecular flexibility index (Phi) is 12.1. The van der Waals surface area contributed by atoms with Gasteiger partial charge in [-0.1, -0.05) is 49.6 Å². The summed E-state index contributed by atoms with van der Waals surface area (Å²) in [6, 6.07) is 16.7. The second kappa shape index (κ2) is 15.3. The number of carbonyl (C=O) groups is 1. The third kappa shape index (κ3) is 8.06. The van der Waals surface area contributed by atoms with Gasteiger partial charge in [0.05, 0.1) is 11.0 Å². The van der Waals surface area contributed by atoms with Crippen molar-refractivity contribution in [3.8, 4) is 11.1 Å². The topological polar surface area (TPSA) is 79.6 Å². The maximum absolute atomic E-state index is 8.36. The van der Waals surface area contributed by atoms with Crippen molar-refractivity contribution in [1.29, 1.82) is 0 Å². The molecular weight excluding hydrogens is 496 g/mol. The van der Waals surface area contributed by atoms with E-state index in [4.69, 9.17) is 19.6 Å². The molecule has 1 saturated carbocycles. The predicted octanol–water partition coefficient (Wildman–Crippen LogP) is 5.68. The second-order valence-electron chi connectivity index (χ2n) is 10.4. The first-order valence-electron chi connectivity index (χ1n) is 13.6. The molecule has 2 aromatic carbocycles. The molecule has 0 amide bonds. The maximum Gasteiger partial charge on any atom is 0.290 e. The lowest BCUT2D eigenvalue weighted by Gasteiger charge is -2.36. The Morgan fingerprint density at radius 3 is 2.42 bits per heavy atom. The molecule has 3 aromatic rings. The Balaban J connectivity index is 0.000000611. The molecule has 2 fully saturated rings. The molecule has 0 spiro atoms. The minimum absolute atomic E-state index is 0.250. The number of benzene rings is 2. The van der Waals surface area contributed by atoms with Gasteiger partial charge in [0, 0.05) is 32.8 Å². The normalized spacial score (nSPS) is 19.8. The summed E-state index contributed by atoms with van der Waals surface area (Å²) in [6.45, 7) is 4.92. The Morgan fingerprint density at radius 1 is 1.13 bits per heavy atom. The number of hydrogen-bond acceptors (Lipinski definition) is 6. The third-order valence-corrected chi connectivity index (χ3v) is 7.96. The summed E-state index contributed by atoms with van der Waals surface area (Å²) >= 11 is 3.54. The van der Waals surface area contributed by atoms with Crippen LogP contribution in [0, 0.1) is 12.8 Å². The van der Waals surface area contributed by atoms with Gasteiger partial charge in [0.1, 0.15) is 5.82 Å². The van der Waals surface area contributed by atoms with Crippen LogP contribution in [0.1, 0.15) is 55.8 Å². The van der Waals surface area contributed by atoms with Gasteiger partial charge < -0.3 is 19.3 Å². The number of nitrogens with one attached hydrogen (secondary N) is 1. The average molecular weight is 541 g/mol. The number of carboxylic acid groups (broad SMARTS) is 1. The summed E-state index contributed by atoms with van der Waals surface area (Å²) in [5, 5.41) is 6.89. The van der Waals surface area contributed by atoms with Gasteiger partial charge >= 0.3 is 0 Å². The Bertz CT molecular complexity index is 1130. The zero-order chi connectivity index (χ0) is 27.5. The molecule has 7 nitrogen and oxygen atoms in total. The number of thiol groups is 1. The highest BCUT2D eigenvalue weighted by Gasteiger charge is 2.27. The summed E-state index contributed by atoms with van der Waals surface area (Å²) in [7, 11) is 6.15. The van der Waals surface area contributed by atoms with Crippen LogP contribution in [0.4, 0.5) is 0 Å². The van der Waals surface area contributed by atoms with Gasteiger partial charge in [-0.25, -0.2) is 4.98 Å². The summed E-state index contributed by atoms with van der Waals surface area (Å²) in [5.41, 5.74) is 6.33. The molecule has 38 heavy (non-hydrogen) atoms. The summed E-state index contributed by atoms with van der Waals surface area (Å²) in [6.07, 6.45) is 7.78. The highest BCUT2D eigenvalue weighted by molar-refractivity contribution is 7.78. The van der Waals surface area contributed by atoms with E-state index in [-0.39, 0.29) is 6.47 Å². The molecule has 2 N–H and O–H groups in total. The van der Waals surface area contributed by atoms with Crippen molar-refractivity contribution in [2.45, 2.75) is 57.4 Å². The fourth-order valence-corrected chi connectivity index (χ4v) is 5.89. The highest BCUT2D eigenvalue weighted by Crippen LogP contribution is 2.37. The van der Waals surface area contributed by atoms with E-state index < -0.39 is 0 Å². The summed E-state index contributed by atoms with van der Waals surface area (Å²) in [5.74, 6) is 2.57. The van der Waals surface area contributed by atoms with Crippen molar-refractivity contribution in [1.82, 2.24) is 19.2 Å². The summed E-state index contributed by atoms with van der Waals surface area (Å²) < 4.78 is 10.2. The lowest BCUT2D eigenvalue weighted by molar-refractivity contribution is -0.122. The third-order valence-electron chi connectivity index (χ3n) is 7.96. The number of rotatable bonds is 5. The van der Waals surface area contributed by atoms with E-state index >= 15 is 0 Å². The molecule has 0 bridgehead atoms. The van der Waals surface area contributed by atoms with Crippen molar-refractivity contribution in [2.75, 3.05) is 33.9 Å². The molecule has 208 valence electrons. The number of fused-ring (bicyclic) bond motifs is 1. The van der Waals surface area contributed by atoms with Crippen molar-refractivity contribution in [3.05, 3.63) is 53.9 Å². The second-order valence-corrected chi connectivity index (χ2v) is 10.8. The average Bonchev–Trinajstić information content (AvgIpc) is 3.22. The molecule has 8 heteroatoms. The first-order chi connectivity index (χ1) is 18.4. The Labute approximate surface area is 233 Å². The van der Waals surface area contributed by atoms with E-state index in [2.05, 4.69) is 90.5 Å². The van der Waals surface area contributed by atoms with E-state index in [0.29, 0.717) is 12.0 Å². The standard InChI is InChI=1S/C28H37N3O.CH5NS.CH2O2/c1-20-29-27-18-25(11-12-28(27)31(20)3)23-9-7-22(8-10-23)24-6-4-5-21(17-24)19-30(2)26-13-15-32-16-14-26;1-2-3;2-1-3/h7-12,18,21,24,26H,4-6,13-17,19H2,1-3H3;2-3H,1H3;1H,(H,2,3). The van der Waals surface area contributed by atoms with Crippen molar-refractivity contribution in [2.24, 2.45) is 13.0 Å². The molecule has 2 aliphatic rings. The van der Waals surface area contributed by atoms with Gasteiger partial charge in [-0.15, -0.1) is 0 Å². The zero-order valence-electron chi connectivity index (χ0n) is 23.3. The minimum atomic E-state index is -0.250. The van der Waals surface area contributed by atoms with E-state index in [9.17, 15) is 0 Å². The Hall–Kier alpha value is -2.39. The number of imidazole rings is 1. The van der Waals surface area contributed by atoms with Gasteiger partial charge in [-0.05, 0) is 93.8 Å². The van der Waals surface area contributed by atoms with E-state index in [1.165, 1.54) is 67.3 Å². The van der Waals surface area contributed by atoms with Crippen LogP contribution >= 0.6 is 12.8 Å². The summed E-state index contributed by atoms with van der Waals surface area (Å²) in [4.78, 5) is 15.7. The van der Waals surface area contributed by atoms with Crippen LogP contribution in [0.15, 0.2) is 42.5 Å². The van der Waals surface area contributed by atoms with Gasteiger partial charge in [-0.3, -0.25) is 9.52 Å². The molecule has 1 aliphatic heterocycles. The lowest BCUT2D eigenvalue weighted by Crippen LogP contribution is -2.40.